The van der Waals surface area contributed by atoms with Crippen LogP contribution in [0.3, 0.4) is 0 Å². The number of aromatic amines is 2. The van der Waals surface area contributed by atoms with Crippen LogP contribution < -0.4 is 5.56 Å². The zero-order chi connectivity index (χ0) is 9.14. The summed E-state index contributed by atoms with van der Waals surface area (Å²) < 4.78 is 0. The van der Waals surface area contributed by atoms with Crippen LogP contribution >= 0.6 is 0 Å². The summed E-state index contributed by atoms with van der Waals surface area (Å²) in [6.45, 7) is 0. The highest BCUT2D eigenvalue weighted by atomic mass is 16.4. The fraction of sp³-hybridized carbons (Fsp3) is 0.167. The van der Waals surface area contributed by atoms with Crippen LogP contribution in [0, 0.1) is 11.3 Å². The average molecular weight is 167 g/mol. The van der Waals surface area contributed by atoms with E-state index < -0.39 is 17.1 Å². The molecule has 6 nitrogen and oxygen atoms in total. The molecule has 1 heterocycles. The van der Waals surface area contributed by atoms with Gasteiger partial charge in [-0.05, 0) is 0 Å². The van der Waals surface area contributed by atoms with Gasteiger partial charge in [0.05, 0.1) is 18.2 Å². The molecule has 0 bridgehead atoms. The molecular weight excluding hydrogens is 162 g/mol. The highest BCUT2D eigenvalue weighted by Gasteiger charge is 2.15. The second-order valence-corrected chi connectivity index (χ2v) is 2.07. The van der Waals surface area contributed by atoms with Crippen molar-refractivity contribution in [1.29, 1.82) is 5.26 Å². The molecule has 1 rings (SSSR count). The van der Waals surface area contributed by atoms with Gasteiger partial charge < -0.3 is 10.2 Å². The quantitative estimate of drug-likeness (QED) is 0.549. The number of aromatic nitrogens is 2. The van der Waals surface area contributed by atoms with Crippen molar-refractivity contribution >= 4 is 5.97 Å². The summed E-state index contributed by atoms with van der Waals surface area (Å²) in [5.41, 5.74) is -1.00. The molecule has 0 aromatic carbocycles. The Hall–Kier alpha value is -2.03. The SMILES string of the molecule is N#CCc1[nH][nH]c(=O)c1C(=O)O. The number of carboxylic acid groups (broad SMARTS) is 1. The van der Waals surface area contributed by atoms with Crippen LogP contribution in [0.2, 0.25) is 0 Å². The lowest BCUT2D eigenvalue weighted by Crippen LogP contribution is -2.12. The smallest absolute Gasteiger partial charge is 0.343 e. The van der Waals surface area contributed by atoms with E-state index in [-0.39, 0.29) is 12.1 Å². The molecule has 0 aliphatic heterocycles. The van der Waals surface area contributed by atoms with Crippen LogP contribution in [0.25, 0.3) is 0 Å². The molecule has 0 aliphatic carbocycles. The van der Waals surface area contributed by atoms with Gasteiger partial charge in [0.25, 0.3) is 5.56 Å². The summed E-state index contributed by atoms with van der Waals surface area (Å²) in [5.74, 6) is -1.33. The van der Waals surface area contributed by atoms with Crippen LogP contribution in [0.4, 0.5) is 0 Å². The summed E-state index contributed by atoms with van der Waals surface area (Å²) in [7, 11) is 0. The van der Waals surface area contributed by atoms with Gasteiger partial charge in [-0.3, -0.25) is 9.89 Å². The van der Waals surface area contributed by atoms with Crippen molar-refractivity contribution in [3.63, 3.8) is 0 Å². The van der Waals surface area contributed by atoms with E-state index in [4.69, 9.17) is 10.4 Å². The number of H-pyrrole nitrogens is 2. The van der Waals surface area contributed by atoms with E-state index in [9.17, 15) is 9.59 Å². The lowest BCUT2D eigenvalue weighted by atomic mass is 10.2. The number of aromatic carboxylic acids is 1. The van der Waals surface area contributed by atoms with Gasteiger partial charge in [0.15, 0.2) is 0 Å². The van der Waals surface area contributed by atoms with E-state index in [2.05, 4.69) is 10.2 Å². The maximum absolute atomic E-state index is 10.8. The van der Waals surface area contributed by atoms with Crippen LogP contribution in [0.1, 0.15) is 16.1 Å². The van der Waals surface area contributed by atoms with Crippen LogP contribution in [0.5, 0.6) is 0 Å². The molecule has 12 heavy (non-hydrogen) atoms. The van der Waals surface area contributed by atoms with Crippen LogP contribution in [-0.2, 0) is 6.42 Å². The lowest BCUT2D eigenvalue weighted by Gasteiger charge is -1.88. The van der Waals surface area contributed by atoms with Gasteiger partial charge in [0, 0.05) is 0 Å². The molecule has 3 N–H and O–H groups in total. The fourth-order valence-electron chi connectivity index (χ4n) is 0.832. The first-order chi connectivity index (χ1) is 5.66. The maximum atomic E-state index is 10.8. The van der Waals surface area contributed by atoms with Crippen molar-refractivity contribution in [3.05, 3.63) is 21.6 Å². The zero-order valence-electron chi connectivity index (χ0n) is 5.92. The fourth-order valence-corrected chi connectivity index (χ4v) is 0.832. The van der Waals surface area contributed by atoms with E-state index in [1.165, 1.54) is 0 Å². The molecular formula is C6H5N3O3. The summed E-state index contributed by atoms with van der Waals surface area (Å²) in [6, 6.07) is 1.74. The van der Waals surface area contributed by atoms with Gasteiger partial charge in [-0.25, -0.2) is 4.79 Å². The van der Waals surface area contributed by atoms with E-state index in [1.54, 1.807) is 6.07 Å². The van der Waals surface area contributed by atoms with Crippen LogP contribution in [-0.4, -0.2) is 21.3 Å². The van der Waals surface area contributed by atoms with Crippen molar-refractivity contribution < 1.29 is 9.90 Å². The third-order valence-corrected chi connectivity index (χ3v) is 1.33. The van der Waals surface area contributed by atoms with E-state index in [1.807, 2.05) is 0 Å². The Bertz CT molecular complexity index is 395. The van der Waals surface area contributed by atoms with E-state index in [0.29, 0.717) is 0 Å². The first kappa shape index (κ1) is 8.07. The first-order valence-electron chi connectivity index (χ1n) is 3.06. The second-order valence-electron chi connectivity index (χ2n) is 2.07. The maximum Gasteiger partial charge on any atom is 0.343 e. The summed E-state index contributed by atoms with van der Waals surface area (Å²) in [6.07, 6.45) is -0.125. The third kappa shape index (κ3) is 1.20. The molecule has 0 saturated heterocycles. The minimum Gasteiger partial charge on any atom is -0.477 e. The molecule has 0 radical (unpaired) electrons. The number of nitriles is 1. The predicted molar refractivity (Wildman–Crippen MR) is 37.7 cm³/mol. The highest BCUT2D eigenvalue weighted by Crippen LogP contribution is 1.98. The van der Waals surface area contributed by atoms with Crippen molar-refractivity contribution in [2.45, 2.75) is 6.42 Å². The van der Waals surface area contributed by atoms with Gasteiger partial charge >= 0.3 is 5.97 Å². The van der Waals surface area contributed by atoms with Gasteiger partial charge in [-0.2, -0.15) is 5.26 Å². The Balaban J connectivity index is 3.24. The van der Waals surface area contributed by atoms with Crippen molar-refractivity contribution in [2.75, 3.05) is 0 Å². The highest BCUT2D eigenvalue weighted by molar-refractivity contribution is 5.88. The second kappa shape index (κ2) is 2.92. The summed E-state index contributed by atoms with van der Waals surface area (Å²) >= 11 is 0. The van der Waals surface area contributed by atoms with Gasteiger partial charge in [0.2, 0.25) is 0 Å². The Morgan fingerprint density at radius 3 is 2.75 bits per heavy atom. The molecule has 0 amide bonds. The molecule has 0 fully saturated rings. The molecule has 0 aliphatic rings. The minimum absolute atomic E-state index is 0.106. The van der Waals surface area contributed by atoms with Crippen molar-refractivity contribution in [3.8, 4) is 6.07 Å². The Labute approximate surface area is 66.4 Å². The molecule has 1 aromatic heterocycles. The topological polar surface area (TPSA) is 110 Å². The number of hydrogen-bond donors (Lipinski definition) is 3. The van der Waals surface area contributed by atoms with Crippen molar-refractivity contribution in [1.82, 2.24) is 10.2 Å². The third-order valence-electron chi connectivity index (χ3n) is 1.33. The van der Waals surface area contributed by atoms with E-state index in [0.717, 1.165) is 0 Å². The number of hydrogen-bond acceptors (Lipinski definition) is 3. The predicted octanol–water partition coefficient (Wildman–Crippen LogP) is -0.533. The largest absolute Gasteiger partial charge is 0.477 e. The molecule has 0 saturated carbocycles. The number of nitrogens with zero attached hydrogens (tertiary/aromatic N) is 1. The average Bonchev–Trinajstić information content (AvgIpc) is 2.32. The normalized spacial score (nSPS) is 9.25. The molecule has 6 heteroatoms. The number of rotatable bonds is 2. The van der Waals surface area contributed by atoms with Crippen molar-refractivity contribution in [2.24, 2.45) is 0 Å². The van der Waals surface area contributed by atoms with Crippen LogP contribution in [0.15, 0.2) is 4.79 Å². The molecule has 0 spiro atoms. The first-order valence-corrected chi connectivity index (χ1v) is 3.06. The number of carboxylic acids is 1. The lowest BCUT2D eigenvalue weighted by molar-refractivity contribution is 0.0694. The molecule has 0 unspecified atom stereocenters. The van der Waals surface area contributed by atoms with E-state index >= 15 is 0 Å². The summed E-state index contributed by atoms with van der Waals surface area (Å²) in [5, 5.41) is 21.2. The summed E-state index contributed by atoms with van der Waals surface area (Å²) in [4.78, 5) is 21.2. The molecule has 62 valence electrons. The Kier molecular flexibility index (Phi) is 1.96. The standard InChI is InChI=1S/C6H5N3O3/c7-2-1-3-4(6(11)12)5(10)9-8-3/h1H2,(H,11,12)(H2,8,9,10). The Morgan fingerprint density at radius 1 is 1.58 bits per heavy atom. The minimum atomic E-state index is -1.33. The monoisotopic (exact) mass is 167 g/mol. The molecule has 0 atom stereocenters. The number of nitrogens with one attached hydrogen (secondary N) is 2. The van der Waals surface area contributed by atoms with Gasteiger partial charge in [-0.1, -0.05) is 0 Å². The van der Waals surface area contributed by atoms with Gasteiger partial charge in [-0.15, -0.1) is 0 Å². The number of carbonyl (C=O) groups is 1. The van der Waals surface area contributed by atoms with Gasteiger partial charge in [0.1, 0.15) is 5.56 Å². The molecule has 1 aromatic rings. The Morgan fingerprint density at radius 2 is 2.25 bits per heavy atom. The zero-order valence-corrected chi connectivity index (χ0v) is 5.92.